The number of nitrogens with one attached hydrogen (secondary N) is 1. The summed E-state index contributed by atoms with van der Waals surface area (Å²) in [5.41, 5.74) is -0.161. The number of carbonyl (C=O) groups excluding carboxylic acids is 3. The molecule has 0 aliphatic carbocycles. The van der Waals surface area contributed by atoms with Crippen molar-refractivity contribution in [1.29, 1.82) is 0 Å². The Bertz CT molecular complexity index is 825. The number of ketones is 1. The average molecular weight is 326 g/mol. The van der Waals surface area contributed by atoms with Crippen LogP contribution in [-0.2, 0) is 10.3 Å². The first-order valence-electron chi connectivity index (χ1n) is 7.63. The molecule has 0 saturated carbocycles. The van der Waals surface area contributed by atoms with E-state index < -0.39 is 17.5 Å². The standard InChI is InChI=1S/C18H18N2O4/c1-11-9-14(12(2)24-11)18(3)16(22)20(17(23)19-18)10-15(21)13-7-5-4-6-8-13/h4-9H,10H2,1-3H3,(H,19,23). The van der Waals surface area contributed by atoms with Gasteiger partial charge in [0.15, 0.2) is 5.78 Å². The van der Waals surface area contributed by atoms with Gasteiger partial charge < -0.3 is 9.73 Å². The number of imide groups is 1. The van der Waals surface area contributed by atoms with Crippen LogP contribution < -0.4 is 5.32 Å². The van der Waals surface area contributed by atoms with Gasteiger partial charge in [-0.3, -0.25) is 14.5 Å². The van der Waals surface area contributed by atoms with Gasteiger partial charge in [0.05, 0.1) is 6.54 Å². The van der Waals surface area contributed by atoms with Crippen LogP contribution in [0.1, 0.15) is 34.4 Å². The molecule has 1 aliphatic heterocycles. The summed E-state index contributed by atoms with van der Waals surface area (Å²) in [7, 11) is 0. The van der Waals surface area contributed by atoms with E-state index in [9.17, 15) is 14.4 Å². The molecule has 1 unspecified atom stereocenters. The third kappa shape index (κ3) is 2.50. The van der Waals surface area contributed by atoms with Crippen LogP contribution in [-0.4, -0.2) is 29.2 Å². The van der Waals surface area contributed by atoms with Gasteiger partial charge in [-0.05, 0) is 26.8 Å². The molecular weight excluding hydrogens is 308 g/mol. The first kappa shape index (κ1) is 16.0. The van der Waals surface area contributed by atoms with Crippen molar-refractivity contribution in [3.05, 3.63) is 59.0 Å². The van der Waals surface area contributed by atoms with Crippen LogP contribution in [0.5, 0.6) is 0 Å². The molecule has 6 nitrogen and oxygen atoms in total. The number of furan rings is 1. The first-order valence-corrected chi connectivity index (χ1v) is 7.63. The summed E-state index contributed by atoms with van der Waals surface area (Å²) < 4.78 is 5.47. The number of benzene rings is 1. The Kier molecular flexibility index (Phi) is 3.75. The Labute approximate surface area is 139 Å². The number of hydrogen-bond donors (Lipinski definition) is 1. The molecule has 0 bridgehead atoms. The van der Waals surface area contributed by atoms with Crippen molar-refractivity contribution in [1.82, 2.24) is 10.2 Å². The van der Waals surface area contributed by atoms with Crippen molar-refractivity contribution in [2.24, 2.45) is 0 Å². The van der Waals surface area contributed by atoms with Gasteiger partial charge in [0.25, 0.3) is 5.91 Å². The Morgan fingerprint density at radius 2 is 1.88 bits per heavy atom. The number of aryl methyl sites for hydroxylation is 2. The third-order valence-corrected chi connectivity index (χ3v) is 4.25. The van der Waals surface area contributed by atoms with Crippen molar-refractivity contribution in [3.63, 3.8) is 0 Å². The van der Waals surface area contributed by atoms with Gasteiger partial charge in [0.2, 0.25) is 0 Å². The van der Waals surface area contributed by atoms with Crippen LogP contribution in [0.3, 0.4) is 0 Å². The topological polar surface area (TPSA) is 79.6 Å². The summed E-state index contributed by atoms with van der Waals surface area (Å²) in [6.07, 6.45) is 0. The molecule has 24 heavy (non-hydrogen) atoms. The second-order valence-electron chi connectivity index (χ2n) is 6.06. The third-order valence-electron chi connectivity index (χ3n) is 4.25. The molecule has 124 valence electrons. The molecule has 1 aromatic carbocycles. The molecule has 1 N–H and O–H groups in total. The Morgan fingerprint density at radius 1 is 1.21 bits per heavy atom. The highest BCUT2D eigenvalue weighted by atomic mass is 16.3. The highest BCUT2D eigenvalue weighted by Crippen LogP contribution is 2.32. The van der Waals surface area contributed by atoms with E-state index in [1.165, 1.54) is 0 Å². The van der Waals surface area contributed by atoms with E-state index in [4.69, 9.17) is 4.42 Å². The minimum atomic E-state index is -1.23. The largest absolute Gasteiger partial charge is 0.466 e. The second-order valence-corrected chi connectivity index (χ2v) is 6.06. The van der Waals surface area contributed by atoms with E-state index in [0.717, 1.165) is 4.90 Å². The molecule has 0 radical (unpaired) electrons. The Morgan fingerprint density at radius 3 is 2.46 bits per heavy atom. The lowest BCUT2D eigenvalue weighted by molar-refractivity contribution is -0.130. The fraction of sp³-hybridized carbons (Fsp3) is 0.278. The lowest BCUT2D eigenvalue weighted by Gasteiger charge is -2.21. The van der Waals surface area contributed by atoms with Crippen LogP contribution in [0.2, 0.25) is 0 Å². The molecule has 1 saturated heterocycles. The number of amides is 3. The molecule has 2 aromatic rings. The number of hydrogen-bond acceptors (Lipinski definition) is 4. The zero-order chi connectivity index (χ0) is 17.5. The molecule has 1 fully saturated rings. The van der Waals surface area contributed by atoms with Gasteiger partial charge in [-0.25, -0.2) is 4.79 Å². The quantitative estimate of drug-likeness (QED) is 0.692. The van der Waals surface area contributed by atoms with E-state index in [-0.39, 0.29) is 12.3 Å². The molecule has 1 aromatic heterocycles. The van der Waals surface area contributed by atoms with E-state index >= 15 is 0 Å². The van der Waals surface area contributed by atoms with E-state index in [2.05, 4.69) is 5.32 Å². The minimum absolute atomic E-state index is 0.288. The zero-order valence-electron chi connectivity index (χ0n) is 13.8. The maximum atomic E-state index is 12.8. The summed E-state index contributed by atoms with van der Waals surface area (Å²) >= 11 is 0. The SMILES string of the molecule is Cc1cc(C2(C)NC(=O)N(CC(=O)c3ccccc3)C2=O)c(C)o1. The van der Waals surface area contributed by atoms with Crippen molar-refractivity contribution >= 4 is 17.7 Å². The zero-order valence-corrected chi connectivity index (χ0v) is 13.8. The van der Waals surface area contributed by atoms with Gasteiger partial charge >= 0.3 is 6.03 Å². The highest BCUT2D eigenvalue weighted by Gasteiger charge is 2.51. The van der Waals surface area contributed by atoms with Gasteiger partial charge in [-0.15, -0.1) is 0 Å². The van der Waals surface area contributed by atoms with Crippen molar-refractivity contribution in [2.75, 3.05) is 6.54 Å². The van der Waals surface area contributed by atoms with E-state index in [1.54, 1.807) is 57.2 Å². The van der Waals surface area contributed by atoms with Crippen molar-refractivity contribution in [2.45, 2.75) is 26.3 Å². The van der Waals surface area contributed by atoms with E-state index in [0.29, 0.717) is 22.6 Å². The van der Waals surface area contributed by atoms with E-state index in [1.807, 2.05) is 0 Å². The summed E-state index contributed by atoms with van der Waals surface area (Å²) in [6, 6.07) is 9.74. The molecule has 2 heterocycles. The van der Waals surface area contributed by atoms with Crippen molar-refractivity contribution in [3.8, 4) is 0 Å². The Balaban J connectivity index is 1.87. The predicted molar refractivity (Wildman–Crippen MR) is 86.6 cm³/mol. The van der Waals surface area contributed by atoms with Crippen LogP contribution in [0.15, 0.2) is 40.8 Å². The number of nitrogens with zero attached hydrogens (tertiary/aromatic N) is 1. The molecule has 1 atom stereocenters. The maximum Gasteiger partial charge on any atom is 0.325 e. The molecule has 3 amide bonds. The van der Waals surface area contributed by atoms with Gasteiger partial charge in [0, 0.05) is 11.1 Å². The minimum Gasteiger partial charge on any atom is -0.466 e. The van der Waals surface area contributed by atoms with Gasteiger partial charge in [-0.1, -0.05) is 30.3 Å². The second kappa shape index (κ2) is 5.63. The molecule has 6 heteroatoms. The molecule has 0 spiro atoms. The van der Waals surface area contributed by atoms with Crippen LogP contribution >= 0.6 is 0 Å². The highest BCUT2D eigenvalue weighted by molar-refractivity contribution is 6.11. The predicted octanol–water partition coefficient (Wildman–Crippen LogP) is 2.55. The number of urea groups is 1. The lowest BCUT2D eigenvalue weighted by atomic mass is 9.92. The summed E-state index contributed by atoms with van der Waals surface area (Å²) in [5.74, 6) is 0.480. The fourth-order valence-corrected chi connectivity index (χ4v) is 3.01. The smallest absolute Gasteiger partial charge is 0.325 e. The first-order chi connectivity index (χ1) is 11.3. The number of Topliss-reactive ketones (excluding diaryl/α,β-unsaturated/α-hetero) is 1. The fourth-order valence-electron chi connectivity index (χ4n) is 3.01. The van der Waals surface area contributed by atoms with Crippen molar-refractivity contribution < 1.29 is 18.8 Å². The molecule has 1 aliphatic rings. The van der Waals surface area contributed by atoms with Crippen LogP contribution in [0.25, 0.3) is 0 Å². The van der Waals surface area contributed by atoms with Crippen LogP contribution in [0.4, 0.5) is 4.79 Å². The normalized spacial score (nSPS) is 20.4. The van der Waals surface area contributed by atoms with Crippen LogP contribution in [0, 0.1) is 13.8 Å². The molecule has 3 rings (SSSR count). The summed E-state index contributed by atoms with van der Waals surface area (Å²) in [5, 5.41) is 2.68. The Hall–Kier alpha value is -2.89. The molecular formula is C18H18N2O4. The summed E-state index contributed by atoms with van der Waals surface area (Å²) in [4.78, 5) is 38.4. The van der Waals surface area contributed by atoms with Gasteiger partial charge in [0.1, 0.15) is 17.1 Å². The monoisotopic (exact) mass is 326 g/mol. The summed E-state index contributed by atoms with van der Waals surface area (Å²) in [6.45, 7) is 4.85. The van der Waals surface area contributed by atoms with Gasteiger partial charge in [-0.2, -0.15) is 0 Å². The average Bonchev–Trinajstić information content (AvgIpc) is 3.00. The number of rotatable bonds is 4. The lowest BCUT2D eigenvalue weighted by Crippen LogP contribution is -2.41. The maximum absolute atomic E-state index is 12.8. The number of carbonyl (C=O) groups is 3.